The van der Waals surface area contributed by atoms with Crippen LogP contribution < -0.4 is 4.90 Å². The normalized spacial score (nSPS) is 16.8. The molecule has 0 amide bonds. The summed E-state index contributed by atoms with van der Waals surface area (Å²) in [4.78, 5) is 8.21. The van der Waals surface area contributed by atoms with Crippen LogP contribution in [0.1, 0.15) is 16.9 Å². The highest BCUT2D eigenvalue weighted by Crippen LogP contribution is 2.29. The van der Waals surface area contributed by atoms with Crippen molar-refractivity contribution in [2.75, 3.05) is 31.1 Å². The van der Waals surface area contributed by atoms with E-state index in [4.69, 9.17) is 4.52 Å². The smallest absolute Gasteiger partial charge is 0.361 e. The molecule has 1 aliphatic rings. The Morgan fingerprint density at radius 3 is 2.39 bits per heavy atom. The molecule has 124 valence electrons. The first-order chi connectivity index (χ1) is 10.9. The summed E-state index contributed by atoms with van der Waals surface area (Å²) in [5.74, 6) is 1.40. The molecule has 0 bridgehead atoms. The molecule has 0 atom stereocenters. The van der Waals surface area contributed by atoms with Gasteiger partial charge < -0.3 is 9.42 Å². The van der Waals surface area contributed by atoms with Crippen molar-refractivity contribution in [3.05, 3.63) is 41.4 Å². The van der Waals surface area contributed by atoms with Gasteiger partial charge in [0.15, 0.2) is 0 Å². The quantitative estimate of drug-likeness (QED) is 0.868. The van der Waals surface area contributed by atoms with Crippen LogP contribution in [0.4, 0.5) is 19.0 Å². The first-order valence-corrected chi connectivity index (χ1v) is 7.34. The summed E-state index contributed by atoms with van der Waals surface area (Å²) in [5, 5.41) is 3.76. The zero-order chi connectivity index (χ0) is 16.4. The average molecular weight is 326 g/mol. The van der Waals surface area contributed by atoms with Gasteiger partial charge in [0.2, 0.25) is 0 Å². The molecule has 2 aromatic heterocycles. The summed E-state index contributed by atoms with van der Waals surface area (Å²) in [6, 6.07) is 2.51. The van der Waals surface area contributed by atoms with Gasteiger partial charge in [-0.2, -0.15) is 13.2 Å². The third kappa shape index (κ3) is 3.64. The molecule has 0 saturated carbocycles. The molecular weight excluding hydrogens is 309 g/mol. The van der Waals surface area contributed by atoms with Crippen LogP contribution in [0.2, 0.25) is 0 Å². The van der Waals surface area contributed by atoms with E-state index in [0.29, 0.717) is 5.82 Å². The minimum atomic E-state index is -4.35. The van der Waals surface area contributed by atoms with Crippen LogP contribution in [0, 0.1) is 6.92 Å². The Balaban J connectivity index is 1.57. The number of anilines is 1. The molecule has 0 aliphatic carbocycles. The molecule has 5 nitrogen and oxygen atoms in total. The Labute approximate surface area is 131 Å². The summed E-state index contributed by atoms with van der Waals surface area (Å²) >= 11 is 0. The number of aromatic nitrogens is 2. The van der Waals surface area contributed by atoms with Gasteiger partial charge in [0.05, 0.1) is 11.8 Å². The highest BCUT2D eigenvalue weighted by Gasteiger charge is 2.31. The highest BCUT2D eigenvalue weighted by molar-refractivity contribution is 5.40. The van der Waals surface area contributed by atoms with Crippen LogP contribution in [0.25, 0.3) is 0 Å². The van der Waals surface area contributed by atoms with Gasteiger partial charge in [-0.05, 0) is 19.1 Å². The van der Waals surface area contributed by atoms with Crippen molar-refractivity contribution < 1.29 is 17.7 Å². The molecule has 2 aromatic rings. The maximum atomic E-state index is 12.6. The van der Waals surface area contributed by atoms with Crippen molar-refractivity contribution in [2.45, 2.75) is 19.6 Å². The molecule has 1 fully saturated rings. The van der Waals surface area contributed by atoms with Crippen molar-refractivity contribution in [1.82, 2.24) is 15.0 Å². The van der Waals surface area contributed by atoms with Gasteiger partial charge in [-0.3, -0.25) is 4.90 Å². The maximum Gasteiger partial charge on any atom is 0.417 e. The Bertz CT molecular complexity index is 645. The zero-order valence-electron chi connectivity index (χ0n) is 12.7. The summed E-state index contributed by atoms with van der Waals surface area (Å²) in [5.41, 5.74) is 0.342. The van der Waals surface area contributed by atoms with E-state index < -0.39 is 11.7 Å². The van der Waals surface area contributed by atoms with E-state index in [1.807, 2.05) is 11.8 Å². The molecule has 23 heavy (non-hydrogen) atoms. The van der Waals surface area contributed by atoms with Crippen molar-refractivity contribution >= 4 is 5.82 Å². The Morgan fingerprint density at radius 1 is 1.13 bits per heavy atom. The number of hydrogen-bond acceptors (Lipinski definition) is 5. The van der Waals surface area contributed by atoms with Gasteiger partial charge in [-0.1, -0.05) is 5.16 Å². The van der Waals surface area contributed by atoms with Crippen LogP contribution in [-0.4, -0.2) is 41.2 Å². The molecule has 8 heteroatoms. The lowest BCUT2D eigenvalue weighted by Gasteiger charge is -2.35. The summed E-state index contributed by atoms with van der Waals surface area (Å²) in [6.07, 6.45) is -1.73. The van der Waals surface area contributed by atoms with Crippen LogP contribution in [-0.2, 0) is 12.7 Å². The number of nitrogens with zero attached hydrogens (tertiary/aromatic N) is 4. The van der Waals surface area contributed by atoms with Gasteiger partial charge in [0, 0.05) is 44.5 Å². The molecular formula is C15H17F3N4O. The molecule has 3 rings (SSSR count). The molecule has 0 N–H and O–H groups in total. The predicted octanol–water partition coefficient (Wildman–Crippen LogP) is 2.72. The fraction of sp³-hybridized carbons (Fsp3) is 0.467. The maximum absolute atomic E-state index is 12.6. The number of halogens is 3. The third-order valence-electron chi connectivity index (χ3n) is 4.02. The first kappa shape index (κ1) is 15.8. The van der Waals surface area contributed by atoms with E-state index in [1.54, 1.807) is 6.20 Å². The highest BCUT2D eigenvalue weighted by atomic mass is 19.4. The lowest BCUT2D eigenvalue weighted by Crippen LogP contribution is -2.46. The third-order valence-corrected chi connectivity index (χ3v) is 4.02. The molecule has 0 spiro atoms. The fourth-order valence-electron chi connectivity index (χ4n) is 2.59. The molecule has 0 radical (unpaired) electrons. The van der Waals surface area contributed by atoms with E-state index in [-0.39, 0.29) is 0 Å². The summed E-state index contributed by atoms with van der Waals surface area (Å²) in [7, 11) is 0. The van der Waals surface area contributed by atoms with Crippen LogP contribution in [0.3, 0.4) is 0 Å². The summed E-state index contributed by atoms with van der Waals surface area (Å²) < 4.78 is 42.7. The number of alkyl halides is 3. The standard InChI is InChI=1S/C15H17F3N4O/c1-11-12(8-20-23-11)10-21-4-6-22(7-5-21)14-3-2-13(9-19-14)15(16,17)18/h2-3,8-9H,4-7,10H2,1H3. The van der Waals surface area contributed by atoms with E-state index in [0.717, 1.165) is 56.3 Å². The minimum Gasteiger partial charge on any atom is -0.361 e. The monoisotopic (exact) mass is 326 g/mol. The number of rotatable bonds is 3. The van der Waals surface area contributed by atoms with Crippen molar-refractivity contribution in [3.8, 4) is 0 Å². The van der Waals surface area contributed by atoms with Crippen molar-refractivity contribution in [1.29, 1.82) is 0 Å². The van der Waals surface area contributed by atoms with Crippen molar-refractivity contribution in [3.63, 3.8) is 0 Å². The van der Waals surface area contributed by atoms with Crippen molar-refractivity contribution in [2.24, 2.45) is 0 Å². The second kappa shape index (κ2) is 6.19. The second-order valence-corrected chi connectivity index (χ2v) is 5.57. The molecule has 3 heterocycles. The number of pyridine rings is 1. The van der Waals surface area contributed by atoms with Gasteiger partial charge >= 0.3 is 6.18 Å². The van der Waals surface area contributed by atoms with Crippen LogP contribution >= 0.6 is 0 Å². The molecule has 1 aliphatic heterocycles. The molecule has 0 unspecified atom stereocenters. The van der Waals surface area contributed by atoms with E-state index in [9.17, 15) is 13.2 Å². The van der Waals surface area contributed by atoms with E-state index in [1.165, 1.54) is 6.07 Å². The van der Waals surface area contributed by atoms with Crippen LogP contribution in [0.15, 0.2) is 29.0 Å². The van der Waals surface area contributed by atoms with Gasteiger partial charge in [-0.15, -0.1) is 0 Å². The lowest BCUT2D eigenvalue weighted by molar-refractivity contribution is -0.137. The Kier molecular flexibility index (Phi) is 4.25. The minimum absolute atomic E-state index is 0.582. The lowest BCUT2D eigenvalue weighted by atomic mass is 10.2. The fourth-order valence-corrected chi connectivity index (χ4v) is 2.59. The Hall–Kier alpha value is -2.09. The van der Waals surface area contributed by atoms with Gasteiger partial charge in [-0.25, -0.2) is 4.98 Å². The van der Waals surface area contributed by atoms with Gasteiger partial charge in [0.25, 0.3) is 0 Å². The first-order valence-electron chi connectivity index (χ1n) is 7.34. The van der Waals surface area contributed by atoms with Crippen LogP contribution in [0.5, 0.6) is 0 Å². The summed E-state index contributed by atoms with van der Waals surface area (Å²) in [6.45, 7) is 5.72. The second-order valence-electron chi connectivity index (χ2n) is 5.57. The largest absolute Gasteiger partial charge is 0.417 e. The number of piperazine rings is 1. The number of hydrogen-bond donors (Lipinski definition) is 0. The van der Waals surface area contributed by atoms with Gasteiger partial charge in [0.1, 0.15) is 11.6 Å². The zero-order valence-corrected chi connectivity index (χ0v) is 12.7. The predicted molar refractivity (Wildman–Crippen MR) is 78.0 cm³/mol. The topological polar surface area (TPSA) is 45.4 Å². The SMILES string of the molecule is Cc1oncc1CN1CCN(c2ccc(C(F)(F)F)cn2)CC1. The van der Waals surface area contributed by atoms with E-state index >= 15 is 0 Å². The number of aryl methyl sites for hydroxylation is 1. The average Bonchev–Trinajstić information content (AvgIpc) is 2.93. The van der Waals surface area contributed by atoms with E-state index in [2.05, 4.69) is 15.0 Å². The molecule has 0 aromatic carbocycles. The molecule has 1 saturated heterocycles. The Morgan fingerprint density at radius 2 is 1.87 bits per heavy atom.